The maximum atomic E-state index is 12.2. The van der Waals surface area contributed by atoms with Gasteiger partial charge in [-0.25, -0.2) is 0 Å². The molecule has 1 aromatic heterocycles. The maximum absolute atomic E-state index is 12.2. The van der Waals surface area contributed by atoms with Crippen LogP contribution in [0.3, 0.4) is 0 Å². The van der Waals surface area contributed by atoms with Crippen molar-refractivity contribution in [3.8, 4) is 5.75 Å². The zero-order valence-electron chi connectivity index (χ0n) is 10.8. The zero-order chi connectivity index (χ0) is 13.3. The molecule has 0 saturated carbocycles. The lowest BCUT2D eigenvalue weighted by molar-refractivity contribution is -0.0497. The Morgan fingerprint density at radius 1 is 1.28 bits per heavy atom. The standard InChI is InChI=1S/C14H17F2NO/c1-14(2,3)7-9-8-17-12-5-4-10(6-11(9)12)18-13(15)16/h4-6,8,13,17H,7H2,1-3H3. The molecule has 0 aliphatic rings. The third-order valence-electron chi connectivity index (χ3n) is 2.68. The number of alkyl halides is 2. The summed E-state index contributed by atoms with van der Waals surface area (Å²) in [6.07, 6.45) is 2.81. The first kappa shape index (κ1) is 12.9. The third kappa shape index (κ3) is 3.00. The molecule has 0 saturated heterocycles. The van der Waals surface area contributed by atoms with Crippen LogP contribution < -0.4 is 4.74 Å². The highest BCUT2D eigenvalue weighted by molar-refractivity contribution is 5.84. The fourth-order valence-corrected chi connectivity index (χ4v) is 2.05. The number of H-pyrrole nitrogens is 1. The molecule has 4 heteroatoms. The largest absolute Gasteiger partial charge is 0.435 e. The van der Waals surface area contributed by atoms with E-state index in [4.69, 9.17) is 0 Å². The maximum Gasteiger partial charge on any atom is 0.387 e. The molecule has 2 aromatic rings. The highest BCUT2D eigenvalue weighted by atomic mass is 19.3. The summed E-state index contributed by atoms with van der Waals surface area (Å²) >= 11 is 0. The summed E-state index contributed by atoms with van der Waals surface area (Å²) in [6.45, 7) is 3.65. The minimum atomic E-state index is -2.78. The second-order valence-corrected chi connectivity index (χ2v) is 5.64. The first-order chi connectivity index (χ1) is 8.35. The SMILES string of the molecule is CC(C)(C)Cc1c[nH]c2ccc(OC(F)F)cc12. The molecule has 98 valence electrons. The zero-order valence-corrected chi connectivity index (χ0v) is 10.8. The second kappa shape index (κ2) is 4.59. The summed E-state index contributed by atoms with van der Waals surface area (Å²) in [5.74, 6) is 0.201. The predicted molar refractivity (Wildman–Crippen MR) is 68.1 cm³/mol. The molecule has 0 fully saturated rings. The highest BCUT2D eigenvalue weighted by Gasteiger charge is 2.15. The summed E-state index contributed by atoms with van der Waals surface area (Å²) in [4.78, 5) is 3.15. The lowest BCUT2D eigenvalue weighted by atomic mass is 9.88. The van der Waals surface area contributed by atoms with E-state index in [0.717, 1.165) is 22.9 Å². The third-order valence-corrected chi connectivity index (χ3v) is 2.68. The number of hydrogen-bond donors (Lipinski definition) is 1. The smallest absolute Gasteiger partial charge is 0.387 e. The van der Waals surface area contributed by atoms with E-state index in [1.807, 2.05) is 6.20 Å². The molecular weight excluding hydrogens is 236 g/mol. The number of fused-ring (bicyclic) bond motifs is 1. The molecule has 1 N–H and O–H groups in total. The molecule has 18 heavy (non-hydrogen) atoms. The van der Waals surface area contributed by atoms with E-state index in [1.54, 1.807) is 18.2 Å². The van der Waals surface area contributed by atoms with Gasteiger partial charge in [-0.15, -0.1) is 0 Å². The van der Waals surface area contributed by atoms with Crippen LogP contribution in [0.1, 0.15) is 26.3 Å². The fraction of sp³-hybridized carbons (Fsp3) is 0.429. The molecule has 0 atom stereocenters. The lowest BCUT2D eigenvalue weighted by Crippen LogP contribution is -2.08. The molecular formula is C14H17F2NO. The van der Waals surface area contributed by atoms with E-state index in [9.17, 15) is 8.78 Å². The van der Waals surface area contributed by atoms with Crippen LogP contribution in [0.15, 0.2) is 24.4 Å². The van der Waals surface area contributed by atoms with Crippen LogP contribution >= 0.6 is 0 Å². The Balaban J connectivity index is 2.37. The molecule has 2 nitrogen and oxygen atoms in total. The van der Waals surface area contributed by atoms with Crippen molar-refractivity contribution in [3.05, 3.63) is 30.0 Å². The van der Waals surface area contributed by atoms with Crippen LogP contribution in [0, 0.1) is 5.41 Å². The highest BCUT2D eigenvalue weighted by Crippen LogP contribution is 2.29. The number of hydrogen-bond acceptors (Lipinski definition) is 1. The summed E-state index contributed by atoms with van der Waals surface area (Å²) in [6, 6.07) is 4.98. The number of benzene rings is 1. The Morgan fingerprint density at radius 3 is 2.61 bits per heavy atom. The van der Waals surface area contributed by atoms with Crippen molar-refractivity contribution in [2.24, 2.45) is 5.41 Å². The first-order valence-electron chi connectivity index (χ1n) is 5.90. The van der Waals surface area contributed by atoms with Crippen molar-refractivity contribution in [2.75, 3.05) is 0 Å². The van der Waals surface area contributed by atoms with Crippen LogP contribution in [0.5, 0.6) is 5.75 Å². The summed E-state index contributed by atoms with van der Waals surface area (Å²) < 4.78 is 28.8. The van der Waals surface area contributed by atoms with Crippen LogP contribution in [0.2, 0.25) is 0 Å². The van der Waals surface area contributed by atoms with Crippen molar-refractivity contribution >= 4 is 10.9 Å². The Bertz CT molecular complexity index is 540. The Morgan fingerprint density at radius 2 is 2.00 bits per heavy atom. The van der Waals surface area contributed by atoms with Crippen LogP contribution in [-0.4, -0.2) is 11.6 Å². The van der Waals surface area contributed by atoms with Crippen LogP contribution in [-0.2, 0) is 6.42 Å². The molecule has 1 aromatic carbocycles. The van der Waals surface area contributed by atoms with Gasteiger partial charge in [0.2, 0.25) is 0 Å². The van der Waals surface area contributed by atoms with Crippen LogP contribution in [0.25, 0.3) is 10.9 Å². The van der Waals surface area contributed by atoms with Crippen molar-refractivity contribution in [1.82, 2.24) is 4.98 Å². The number of aromatic nitrogens is 1. The van der Waals surface area contributed by atoms with Gasteiger partial charge >= 0.3 is 6.61 Å². The molecule has 1 heterocycles. The van der Waals surface area contributed by atoms with Gasteiger partial charge in [-0.2, -0.15) is 8.78 Å². The predicted octanol–water partition coefficient (Wildman–Crippen LogP) is 4.36. The van der Waals surface area contributed by atoms with Gasteiger partial charge in [-0.05, 0) is 35.6 Å². The van der Waals surface area contributed by atoms with Crippen molar-refractivity contribution in [2.45, 2.75) is 33.8 Å². The average Bonchev–Trinajstić information content (AvgIpc) is 2.58. The fourth-order valence-electron chi connectivity index (χ4n) is 2.05. The van der Waals surface area contributed by atoms with Crippen molar-refractivity contribution < 1.29 is 13.5 Å². The summed E-state index contributed by atoms with van der Waals surface area (Å²) in [7, 11) is 0. The van der Waals surface area contributed by atoms with Gasteiger partial charge in [0.15, 0.2) is 0 Å². The first-order valence-corrected chi connectivity index (χ1v) is 5.90. The summed E-state index contributed by atoms with van der Waals surface area (Å²) in [5, 5.41) is 0.947. The molecule has 0 amide bonds. The van der Waals surface area contributed by atoms with Crippen molar-refractivity contribution in [3.63, 3.8) is 0 Å². The van der Waals surface area contributed by atoms with Gasteiger partial charge < -0.3 is 9.72 Å². The van der Waals surface area contributed by atoms with Crippen molar-refractivity contribution in [1.29, 1.82) is 0 Å². The molecule has 0 bridgehead atoms. The Hall–Kier alpha value is -1.58. The van der Waals surface area contributed by atoms with Gasteiger partial charge in [-0.1, -0.05) is 20.8 Å². The number of aromatic amines is 1. The number of halogens is 2. The van der Waals surface area contributed by atoms with Gasteiger partial charge in [-0.3, -0.25) is 0 Å². The van der Waals surface area contributed by atoms with Gasteiger partial charge in [0.25, 0.3) is 0 Å². The molecule has 0 aliphatic carbocycles. The Kier molecular flexibility index (Phi) is 3.28. The van der Waals surface area contributed by atoms with E-state index in [-0.39, 0.29) is 11.2 Å². The number of rotatable bonds is 3. The lowest BCUT2D eigenvalue weighted by Gasteiger charge is -2.17. The minimum absolute atomic E-state index is 0.148. The molecule has 0 spiro atoms. The van der Waals surface area contributed by atoms with Crippen LogP contribution in [0.4, 0.5) is 8.78 Å². The van der Waals surface area contributed by atoms with E-state index < -0.39 is 6.61 Å². The Labute approximate surface area is 105 Å². The van der Waals surface area contributed by atoms with Gasteiger partial charge in [0, 0.05) is 17.1 Å². The quantitative estimate of drug-likeness (QED) is 0.863. The average molecular weight is 253 g/mol. The monoisotopic (exact) mass is 253 g/mol. The molecule has 0 radical (unpaired) electrons. The van der Waals surface area contributed by atoms with Gasteiger partial charge in [0.1, 0.15) is 5.75 Å². The van der Waals surface area contributed by atoms with E-state index in [1.165, 1.54) is 0 Å². The molecule has 0 aliphatic heterocycles. The number of ether oxygens (including phenoxy) is 1. The van der Waals surface area contributed by atoms with Gasteiger partial charge in [0.05, 0.1) is 0 Å². The normalized spacial score (nSPS) is 12.3. The van der Waals surface area contributed by atoms with E-state index in [2.05, 4.69) is 30.5 Å². The second-order valence-electron chi connectivity index (χ2n) is 5.64. The van der Waals surface area contributed by atoms with E-state index >= 15 is 0 Å². The van der Waals surface area contributed by atoms with E-state index in [0.29, 0.717) is 0 Å². The molecule has 2 rings (SSSR count). The number of nitrogens with one attached hydrogen (secondary N) is 1. The minimum Gasteiger partial charge on any atom is -0.435 e. The topological polar surface area (TPSA) is 25.0 Å². The summed E-state index contributed by atoms with van der Waals surface area (Å²) in [5.41, 5.74) is 2.21. The molecule has 0 unspecified atom stereocenters.